The number of nitrogens with one attached hydrogen (secondary N) is 2. The van der Waals surface area contributed by atoms with Crippen LogP contribution in [0.1, 0.15) is 17.5 Å². The minimum absolute atomic E-state index is 0.350. The lowest BCUT2D eigenvalue weighted by atomic mass is 10.0. The SMILES string of the molecule is O=C1NC(=O)C(CCc2ccc(C(F)(F)F)cc2)N1. The molecule has 1 aliphatic heterocycles. The van der Waals surface area contributed by atoms with E-state index in [1.54, 1.807) is 0 Å². The molecule has 0 radical (unpaired) electrons. The first-order chi connectivity index (χ1) is 8.86. The Bertz CT molecular complexity index is 497. The number of alkyl halides is 3. The number of imide groups is 1. The van der Waals surface area contributed by atoms with Gasteiger partial charge in [0.05, 0.1) is 5.56 Å². The van der Waals surface area contributed by atoms with E-state index in [4.69, 9.17) is 0 Å². The van der Waals surface area contributed by atoms with Gasteiger partial charge in [-0.15, -0.1) is 0 Å². The molecule has 2 rings (SSSR count). The van der Waals surface area contributed by atoms with E-state index in [2.05, 4.69) is 10.6 Å². The molecule has 7 heteroatoms. The van der Waals surface area contributed by atoms with Crippen LogP contribution in [0.2, 0.25) is 0 Å². The molecule has 1 aromatic rings. The van der Waals surface area contributed by atoms with Gasteiger partial charge in [0.1, 0.15) is 6.04 Å². The maximum Gasteiger partial charge on any atom is 0.416 e. The molecule has 4 nitrogen and oxygen atoms in total. The Morgan fingerprint density at radius 2 is 1.74 bits per heavy atom. The summed E-state index contributed by atoms with van der Waals surface area (Å²) in [6.45, 7) is 0. The molecule has 1 aliphatic rings. The minimum Gasteiger partial charge on any atom is -0.326 e. The highest BCUT2D eigenvalue weighted by molar-refractivity contribution is 6.04. The van der Waals surface area contributed by atoms with Crippen molar-refractivity contribution in [1.82, 2.24) is 10.6 Å². The summed E-state index contributed by atoms with van der Waals surface area (Å²) in [7, 11) is 0. The Labute approximate surface area is 107 Å². The quantitative estimate of drug-likeness (QED) is 0.825. The molecule has 1 atom stereocenters. The second-order valence-electron chi connectivity index (χ2n) is 4.25. The summed E-state index contributed by atoms with van der Waals surface area (Å²) in [5.41, 5.74) is -0.0230. The Hall–Kier alpha value is -2.05. The van der Waals surface area contributed by atoms with Crippen LogP contribution in [0.5, 0.6) is 0 Å². The van der Waals surface area contributed by atoms with Crippen LogP contribution in [0, 0.1) is 0 Å². The fourth-order valence-corrected chi connectivity index (χ4v) is 1.83. The van der Waals surface area contributed by atoms with E-state index < -0.39 is 29.7 Å². The Morgan fingerprint density at radius 1 is 1.11 bits per heavy atom. The molecule has 2 N–H and O–H groups in total. The monoisotopic (exact) mass is 272 g/mol. The van der Waals surface area contributed by atoms with Gasteiger partial charge in [-0.1, -0.05) is 12.1 Å². The van der Waals surface area contributed by atoms with Crippen molar-refractivity contribution in [2.24, 2.45) is 0 Å². The summed E-state index contributed by atoms with van der Waals surface area (Å²) in [6, 6.07) is 3.59. The van der Waals surface area contributed by atoms with E-state index in [9.17, 15) is 22.8 Å². The van der Waals surface area contributed by atoms with Crippen LogP contribution < -0.4 is 10.6 Å². The summed E-state index contributed by atoms with van der Waals surface area (Å²) in [5.74, 6) is -0.406. The zero-order valence-corrected chi connectivity index (χ0v) is 9.75. The van der Waals surface area contributed by atoms with Crippen LogP contribution in [0.4, 0.5) is 18.0 Å². The summed E-state index contributed by atoms with van der Waals surface area (Å²) >= 11 is 0. The molecule has 1 fully saturated rings. The fourth-order valence-electron chi connectivity index (χ4n) is 1.83. The highest BCUT2D eigenvalue weighted by atomic mass is 19.4. The van der Waals surface area contributed by atoms with Gasteiger partial charge in [-0.25, -0.2) is 4.79 Å². The highest BCUT2D eigenvalue weighted by Crippen LogP contribution is 2.29. The molecule has 1 saturated heterocycles. The second-order valence-corrected chi connectivity index (χ2v) is 4.25. The van der Waals surface area contributed by atoms with Crippen LogP contribution in [-0.4, -0.2) is 18.0 Å². The minimum atomic E-state index is -4.35. The average Bonchev–Trinajstić information content (AvgIpc) is 2.65. The van der Waals surface area contributed by atoms with Gasteiger partial charge < -0.3 is 5.32 Å². The molecule has 102 valence electrons. The molecule has 1 unspecified atom stereocenters. The van der Waals surface area contributed by atoms with E-state index in [1.807, 2.05) is 0 Å². The summed E-state index contributed by atoms with van der Waals surface area (Å²) in [6.07, 6.45) is -3.59. The number of rotatable bonds is 3. The van der Waals surface area contributed by atoms with Crippen molar-refractivity contribution in [2.45, 2.75) is 25.1 Å². The number of carbonyl (C=O) groups is 2. The second kappa shape index (κ2) is 4.91. The van der Waals surface area contributed by atoms with Crippen molar-refractivity contribution in [3.63, 3.8) is 0 Å². The van der Waals surface area contributed by atoms with Crippen LogP contribution in [0.15, 0.2) is 24.3 Å². The van der Waals surface area contributed by atoms with Crippen molar-refractivity contribution in [3.8, 4) is 0 Å². The van der Waals surface area contributed by atoms with Gasteiger partial charge in [0.2, 0.25) is 0 Å². The van der Waals surface area contributed by atoms with Crippen molar-refractivity contribution >= 4 is 11.9 Å². The van der Waals surface area contributed by atoms with Crippen LogP contribution in [0.3, 0.4) is 0 Å². The standard InChI is InChI=1S/C12H11F3N2O2/c13-12(14,15)8-4-1-7(2-5-8)3-6-9-10(18)17-11(19)16-9/h1-2,4-5,9H,3,6H2,(H2,16,17,18,19). The summed E-state index contributed by atoms with van der Waals surface area (Å²) in [5, 5.41) is 4.52. The number of benzene rings is 1. The number of hydrogen-bond acceptors (Lipinski definition) is 2. The number of aryl methyl sites for hydroxylation is 1. The molecule has 1 heterocycles. The molecule has 0 saturated carbocycles. The molecule has 0 bridgehead atoms. The Morgan fingerprint density at radius 3 is 2.21 bits per heavy atom. The zero-order chi connectivity index (χ0) is 14.0. The largest absolute Gasteiger partial charge is 0.416 e. The van der Waals surface area contributed by atoms with Gasteiger partial charge in [0.15, 0.2) is 0 Å². The van der Waals surface area contributed by atoms with Crippen molar-refractivity contribution < 1.29 is 22.8 Å². The van der Waals surface area contributed by atoms with Crippen molar-refractivity contribution in [3.05, 3.63) is 35.4 Å². The van der Waals surface area contributed by atoms with Gasteiger partial charge in [0.25, 0.3) is 5.91 Å². The topological polar surface area (TPSA) is 58.2 Å². The van der Waals surface area contributed by atoms with E-state index in [1.165, 1.54) is 12.1 Å². The maximum atomic E-state index is 12.3. The lowest BCUT2D eigenvalue weighted by molar-refractivity contribution is -0.137. The van der Waals surface area contributed by atoms with Crippen LogP contribution in [-0.2, 0) is 17.4 Å². The molecule has 0 spiro atoms. The molecule has 19 heavy (non-hydrogen) atoms. The smallest absolute Gasteiger partial charge is 0.326 e. The molecule has 3 amide bonds. The zero-order valence-electron chi connectivity index (χ0n) is 9.75. The molecule has 0 aliphatic carbocycles. The van der Waals surface area contributed by atoms with Gasteiger partial charge in [-0.05, 0) is 30.5 Å². The molecular formula is C12H11F3N2O2. The highest BCUT2D eigenvalue weighted by Gasteiger charge is 2.30. The summed E-state index contributed by atoms with van der Waals surface area (Å²) < 4.78 is 37.0. The lowest BCUT2D eigenvalue weighted by Gasteiger charge is -2.09. The van der Waals surface area contributed by atoms with Gasteiger partial charge in [0, 0.05) is 0 Å². The fraction of sp³-hybridized carbons (Fsp3) is 0.333. The van der Waals surface area contributed by atoms with Gasteiger partial charge >= 0.3 is 12.2 Å². The van der Waals surface area contributed by atoms with E-state index in [0.717, 1.165) is 12.1 Å². The van der Waals surface area contributed by atoms with Gasteiger partial charge in [-0.2, -0.15) is 13.2 Å². The first kappa shape index (κ1) is 13.4. The van der Waals surface area contributed by atoms with Crippen LogP contribution in [0.25, 0.3) is 0 Å². The normalized spacial score (nSPS) is 19.2. The number of hydrogen-bond donors (Lipinski definition) is 2. The first-order valence-corrected chi connectivity index (χ1v) is 5.64. The van der Waals surface area contributed by atoms with Crippen molar-refractivity contribution in [2.75, 3.05) is 0 Å². The predicted molar refractivity (Wildman–Crippen MR) is 60.2 cm³/mol. The van der Waals surface area contributed by atoms with Crippen molar-refractivity contribution in [1.29, 1.82) is 0 Å². The Kier molecular flexibility index (Phi) is 3.46. The molecule has 1 aromatic carbocycles. The third-order valence-corrected chi connectivity index (χ3v) is 2.86. The van der Waals surface area contributed by atoms with E-state index in [-0.39, 0.29) is 0 Å². The Balaban J connectivity index is 1.94. The number of amides is 3. The third-order valence-electron chi connectivity index (χ3n) is 2.86. The van der Waals surface area contributed by atoms with Gasteiger partial charge in [-0.3, -0.25) is 10.1 Å². The molecule has 0 aromatic heterocycles. The maximum absolute atomic E-state index is 12.3. The third kappa shape index (κ3) is 3.24. The molecular weight excluding hydrogens is 261 g/mol. The van der Waals surface area contributed by atoms with E-state index >= 15 is 0 Å². The van der Waals surface area contributed by atoms with E-state index in [0.29, 0.717) is 18.4 Å². The number of carbonyl (C=O) groups excluding carboxylic acids is 2. The number of urea groups is 1. The average molecular weight is 272 g/mol. The lowest BCUT2D eigenvalue weighted by Crippen LogP contribution is -2.29. The first-order valence-electron chi connectivity index (χ1n) is 5.64. The van der Waals surface area contributed by atoms with Crippen LogP contribution >= 0.6 is 0 Å². The number of halogens is 3. The predicted octanol–water partition coefficient (Wildman–Crippen LogP) is 1.85. The summed E-state index contributed by atoms with van der Waals surface area (Å²) in [4.78, 5) is 22.1.